The molecule has 1 saturated carbocycles. The number of aryl methyl sites for hydroxylation is 1. The van der Waals surface area contributed by atoms with Crippen LogP contribution < -0.4 is 10.5 Å². The van der Waals surface area contributed by atoms with E-state index in [1.165, 1.54) is 13.2 Å². The smallest absolute Gasteiger partial charge is 0.126 e. The van der Waals surface area contributed by atoms with Crippen LogP contribution in [0.1, 0.15) is 24.0 Å². The molecule has 0 aromatic heterocycles. The minimum Gasteiger partial charge on any atom is -0.496 e. The molecule has 1 aromatic rings. The third kappa shape index (κ3) is 1.68. The summed E-state index contributed by atoms with van der Waals surface area (Å²) in [5.74, 6) is 0.301. The van der Waals surface area contributed by atoms with Gasteiger partial charge in [-0.2, -0.15) is 0 Å². The highest BCUT2D eigenvalue weighted by atomic mass is 19.1. The van der Waals surface area contributed by atoms with Gasteiger partial charge in [-0.3, -0.25) is 0 Å². The molecular formula is C12H16FNO2. The van der Waals surface area contributed by atoms with Gasteiger partial charge in [0.2, 0.25) is 0 Å². The topological polar surface area (TPSA) is 55.5 Å². The number of rotatable bonds is 2. The van der Waals surface area contributed by atoms with Gasteiger partial charge in [0.1, 0.15) is 11.6 Å². The van der Waals surface area contributed by atoms with Crippen molar-refractivity contribution < 1.29 is 14.2 Å². The van der Waals surface area contributed by atoms with Gasteiger partial charge in [0.15, 0.2) is 0 Å². The van der Waals surface area contributed by atoms with Crippen LogP contribution in [-0.4, -0.2) is 18.3 Å². The van der Waals surface area contributed by atoms with E-state index in [1.807, 2.05) is 0 Å². The first-order valence-corrected chi connectivity index (χ1v) is 5.28. The fourth-order valence-electron chi connectivity index (χ4n) is 2.21. The van der Waals surface area contributed by atoms with Crippen molar-refractivity contribution in [1.29, 1.82) is 0 Å². The molecule has 2 rings (SSSR count). The second kappa shape index (κ2) is 3.71. The zero-order chi connectivity index (χ0) is 11.9. The summed E-state index contributed by atoms with van der Waals surface area (Å²) in [5, 5.41) is 9.32. The van der Waals surface area contributed by atoms with Crippen molar-refractivity contribution in [3.05, 3.63) is 29.1 Å². The second-order valence-corrected chi connectivity index (χ2v) is 4.52. The molecule has 0 aliphatic heterocycles. The van der Waals surface area contributed by atoms with Crippen LogP contribution in [0.3, 0.4) is 0 Å². The Kier molecular flexibility index (Phi) is 2.64. The lowest BCUT2D eigenvalue weighted by Gasteiger charge is -2.43. The van der Waals surface area contributed by atoms with Crippen molar-refractivity contribution in [2.24, 2.45) is 5.73 Å². The lowest BCUT2D eigenvalue weighted by Crippen LogP contribution is -2.51. The quantitative estimate of drug-likeness (QED) is 0.801. The molecule has 0 spiro atoms. The number of aliphatic hydroxyl groups excluding tert-OH is 1. The Morgan fingerprint density at radius 2 is 2.12 bits per heavy atom. The van der Waals surface area contributed by atoms with Gasteiger partial charge in [-0.15, -0.1) is 0 Å². The second-order valence-electron chi connectivity index (χ2n) is 4.52. The predicted octanol–water partition coefficient (Wildman–Crippen LogP) is 1.45. The average molecular weight is 225 g/mol. The van der Waals surface area contributed by atoms with Crippen LogP contribution in [0.4, 0.5) is 4.39 Å². The molecule has 0 radical (unpaired) electrons. The highest BCUT2D eigenvalue weighted by Crippen LogP contribution is 2.43. The van der Waals surface area contributed by atoms with Crippen LogP contribution in [0.15, 0.2) is 12.1 Å². The van der Waals surface area contributed by atoms with E-state index in [0.29, 0.717) is 29.7 Å². The van der Waals surface area contributed by atoms with Gasteiger partial charge < -0.3 is 15.6 Å². The third-order valence-electron chi connectivity index (χ3n) is 3.22. The molecule has 3 nitrogen and oxygen atoms in total. The molecule has 88 valence electrons. The van der Waals surface area contributed by atoms with Crippen molar-refractivity contribution >= 4 is 0 Å². The Morgan fingerprint density at radius 1 is 1.50 bits per heavy atom. The molecule has 0 atom stereocenters. The highest BCUT2D eigenvalue weighted by molar-refractivity contribution is 5.44. The maximum atomic E-state index is 13.5. The number of hydrogen-bond acceptors (Lipinski definition) is 3. The normalized spacial score (nSPS) is 28.7. The highest BCUT2D eigenvalue weighted by Gasteiger charge is 2.43. The summed E-state index contributed by atoms with van der Waals surface area (Å²) in [5.41, 5.74) is 6.62. The molecule has 4 heteroatoms. The maximum absolute atomic E-state index is 13.5. The van der Waals surface area contributed by atoms with Gasteiger partial charge in [0, 0.05) is 11.1 Å². The van der Waals surface area contributed by atoms with E-state index in [0.717, 1.165) is 0 Å². The molecule has 1 aliphatic carbocycles. The number of nitrogens with two attached hydrogens (primary N) is 1. The number of methoxy groups -OCH3 is 1. The first-order chi connectivity index (χ1) is 7.46. The summed E-state index contributed by atoms with van der Waals surface area (Å²) in [6.07, 6.45) is 0.511. The molecule has 1 fully saturated rings. The van der Waals surface area contributed by atoms with Crippen LogP contribution in [0.5, 0.6) is 5.75 Å². The summed E-state index contributed by atoms with van der Waals surface area (Å²) < 4.78 is 18.7. The van der Waals surface area contributed by atoms with Gasteiger partial charge in [-0.05, 0) is 37.5 Å². The van der Waals surface area contributed by atoms with Crippen LogP contribution in [0, 0.1) is 12.7 Å². The van der Waals surface area contributed by atoms with Crippen LogP contribution >= 0.6 is 0 Å². The SMILES string of the molecule is COc1cc(C)c(F)cc1C1(N)CC(O)C1. The molecular weight excluding hydrogens is 209 g/mol. The number of ether oxygens (including phenoxy) is 1. The molecule has 16 heavy (non-hydrogen) atoms. The first-order valence-electron chi connectivity index (χ1n) is 5.28. The predicted molar refractivity (Wildman–Crippen MR) is 58.8 cm³/mol. The van der Waals surface area contributed by atoms with Gasteiger partial charge in [-0.25, -0.2) is 4.39 Å². The molecule has 1 aliphatic rings. The molecule has 1 aromatic carbocycles. The Hall–Kier alpha value is -1.13. The maximum Gasteiger partial charge on any atom is 0.126 e. The lowest BCUT2D eigenvalue weighted by atomic mass is 9.70. The van der Waals surface area contributed by atoms with Crippen LogP contribution in [-0.2, 0) is 5.54 Å². The van der Waals surface area contributed by atoms with Crippen molar-refractivity contribution in [1.82, 2.24) is 0 Å². The van der Waals surface area contributed by atoms with Gasteiger partial charge in [0.25, 0.3) is 0 Å². The van der Waals surface area contributed by atoms with Crippen molar-refractivity contribution in [2.75, 3.05) is 7.11 Å². The zero-order valence-electron chi connectivity index (χ0n) is 9.46. The zero-order valence-corrected chi connectivity index (χ0v) is 9.46. The van der Waals surface area contributed by atoms with Crippen molar-refractivity contribution in [3.63, 3.8) is 0 Å². The summed E-state index contributed by atoms with van der Waals surface area (Å²) in [6.45, 7) is 1.68. The summed E-state index contributed by atoms with van der Waals surface area (Å²) in [4.78, 5) is 0. The molecule has 0 unspecified atom stereocenters. The molecule has 0 heterocycles. The van der Waals surface area contributed by atoms with E-state index in [4.69, 9.17) is 10.5 Å². The van der Waals surface area contributed by atoms with E-state index in [-0.39, 0.29) is 11.9 Å². The van der Waals surface area contributed by atoms with Gasteiger partial charge in [-0.1, -0.05) is 0 Å². The van der Waals surface area contributed by atoms with E-state index < -0.39 is 5.54 Å². The Labute approximate surface area is 94.0 Å². The number of hydrogen-bond donors (Lipinski definition) is 2. The van der Waals surface area contributed by atoms with E-state index >= 15 is 0 Å². The Balaban J connectivity index is 2.44. The Bertz CT molecular complexity index is 414. The van der Waals surface area contributed by atoms with Crippen molar-refractivity contribution in [3.8, 4) is 5.75 Å². The third-order valence-corrected chi connectivity index (χ3v) is 3.22. The van der Waals surface area contributed by atoms with Crippen LogP contribution in [0.25, 0.3) is 0 Å². The molecule has 3 N–H and O–H groups in total. The number of benzene rings is 1. The molecule has 0 amide bonds. The van der Waals surface area contributed by atoms with Gasteiger partial charge in [0.05, 0.1) is 13.2 Å². The van der Waals surface area contributed by atoms with E-state index in [1.54, 1.807) is 13.0 Å². The average Bonchev–Trinajstić information content (AvgIpc) is 2.19. The fraction of sp³-hybridized carbons (Fsp3) is 0.500. The summed E-state index contributed by atoms with van der Waals surface area (Å²) >= 11 is 0. The standard InChI is InChI=1S/C12H16FNO2/c1-7-3-11(16-2)9(4-10(7)13)12(14)5-8(15)6-12/h3-4,8,15H,5-6,14H2,1-2H3. The minimum absolute atomic E-state index is 0.290. The minimum atomic E-state index is -0.653. The first kappa shape index (κ1) is 11.4. The number of aliphatic hydroxyl groups is 1. The largest absolute Gasteiger partial charge is 0.496 e. The Morgan fingerprint density at radius 3 is 2.62 bits per heavy atom. The lowest BCUT2D eigenvalue weighted by molar-refractivity contribution is 0.0197. The van der Waals surface area contributed by atoms with E-state index in [2.05, 4.69) is 0 Å². The molecule has 0 bridgehead atoms. The summed E-state index contributed by atoms with van der Waals surface area (Å²) in [7, 11) is 1.54. The van der Waals surface area contributed by atoms with Gasteiger partial charge >= 0.3 is 0 Å². The molecule has 0 saturated heterocycles. The van der Waals surface area contributed by atoms with Crippen molar-refractivity contribution in [2.45, 2.75) is 31.4 Å². The summed E-state index contributed by atoms with van der Waals surface area (Å²) in [6, 6.07) is 3.06. The fourth-order valence-corrected chi connectivity index (χ4v) is 2.21. The van der Waals surface area contributed by atoms with E-state index in [9.17, 15) is 9.50 Å². The monoisotopic (exact) mass is 225 g/mol. The number of halogens is 1. The van der Waals surface area contributed by atoms with Crippen LogP contribution in [0.2, 0.25) is 0 Å².